The van der Waals surface area contributed by atoms with Crippen LogP contribution >= 0.6 is 0 Å². The largest absolute Gasteiger partial charge is 0.293 e. The van der Waals surface area contributed by atoms with Crippen molar-refractivity contribution in [3.63, 3.8) is 0 Å². The lowest BCUT2D eigenvalue weighted by atomic mass is 9.62. The highest BCUT2D eigenvalue weighted by atomic mass is 16.1. The Morgan fingerprint density at radius 1 is 1.18 bits per heavy atom. The molecule has 88 valence electrons. The van der Waals surface area contributed by atoms with Crippen LogP contribution in [0.15, 0.2) is 35.9 Å². The van der Waals surface area contributed by atoms with E-state index in [0.717, 1.165) is 37.7 Å². The number of allylic oxidation sites excluding steroid dienone is 2. The van der Waals surface area contributed by atoms with Crippen LogP contribution in [0.4, 0.5) is 0 Å². The predicted molar refractivity (Wildman–Crippen MR) is 69.1 cm³/mol. The molecule has 1 unspecified atom stereocenters. The Bertz CT molecular complexity index is 498. The van der Waals surface area contributed by atoms with Gasteiger partial charge in [-0.05, 0) is 44.6 Å². The summed E-state index contributed by atoms with van der Waals surface area (Å²) in [6.07, 6.45) is 7.67. The van der Waals surface area contributed by atoms with Crippen molar-refractivity contribution in [3.8, 4) is 0 Å². The van der Waals surface area contributed by atoms with Crippen molar-refractivity contribution in [3.05, 3.63) is 47.0 Å². The fourth-order valence-electron chi connectivity index (χ4n) is 3.41. The van der Waals surface area contributed by atoms with Crippen molar-refractivity contribution in [1.29, 1.82) is 0 Å². The van der Waals surface area contributed by atoms with Gasteiger partial charge in [-0.3, -0.25) is 4.79 Å². The lowest BCUT2D eigenvalue weighted by Gasteiger charge is -2.40. The van der Waals surface area contributed by atoms with E-state index in [-0.39, 0.29) is 5.41 Å². The first-order valence-corrected chi connectivity index (χ1v) is 6.54. The molecule has 1 aromatic carbocycles. The van der Waals surface area contributed by atoms with Crippen LogP contribution in [0.25, 0.3) is 0 Å². The Balaban J connectivity index is 2.10. The van der Waals surface area contributed by atoms with Crippen LogP contribution in [0.3, 0.4) is 0 Å². The van der Waals surface area contributed by atoms with E-state index in [4.69, 9.17) is 0 Å². The Labute approximate surface area is 103 Å². The zero-order valence-electron chi connectivity index (χ0n) is 10.3. The van der Waals surface area contributed by atoms with E-state index >= 15 is 0 Å². The van der Waals surface area contributed by atoms with Crippen LogP contribution in [0, 0.1) is 5.41 Å². The quantitative estimate of drug-likeness (QED) is 0.612. The maximum Gasteiger partial charge on any atom is 0.173 e. The van der Waals surface area contributed by atoms with Crippen LogP contribution in [0.1, 0.15) is 48.5 Å². The fraction of sp³-hybridized carbons (Fsp3) is 0.438. The molecule has 2 aliphatic rings. The number of hydrogen-bond acceptors (Lipinski definition) is 1. The molecule has 0 saturated carbocycles. The van der Waals surface area contributed by atoms with E-state index in [1.165, 1.54) is 11.1 Å². The normalized spacial score (nSPS) is 27.8. The van der Waals surface area contributed by atoms with Crippen molar-refractivity contribution in [2.45, 2.75) is 39.0 Å². The molecule has 0 amide bonds. The topological polar surface area (TPSA) is 17.1 Å². The maximum atomic E-state index is 12.8. The van der Waals surface area contributed by atoms with Crippen LogP contribution in [0.2, 0.25) is 0 Å². The summed E-state index contributed by atoms with van der Waals surface area (Å²) >= 11 is 0. The van der Waals surface area contributed by atoms with E-state index in [9.17, 15) is 4.79 Å². The SMILES string of the molecule is CC1=CCCCC12CCc1ccccc1C2=O. The zero-order valence-corrected chi connectivity index (χ0v) is 10.3. The third-order valence-corrected chi connectivity index (χ3v) is 4.53. The molecule has 17 heavy (non-hydrogen) atoms. The van der Waals surface area contributed by atoms with Gasteiger partial charge in [-0.2, -0.15) is 0 Å². The minimum atomic E-state index is -0.160. The van der Waals surface area contributed by atoms with Crippen LogP contribution in [-0.4, -0.2) is 5.78 Å². The summed E-state index contributed by atoms with van der Waals surface area (Å²) in [7, 11) is 0. The van der Waals surface area contributed by atoms with Crippen molar-refractivity contribution < 1.29 is 4.79 Å². The number of ketones is 1. The standard InChI is InChI=1S/C16H18O/c1-12-6-4-5-10-16(12)11-9-13-7-2-3-8-14(13)15(16)17/h2-3,6-8H,4-5,9-11H2,1H3. The summed E-state index contributed by atoms with van der Waals surface area (Å²) in [5.41, 5.74) is 3.35. The third-order valence-electron chi connectivity index (χ3n) is 4.53. The molecule has 1 heteroatoms. The van der Waals surface area contributed by atoms with Gasteiger partial charge in [-0.1, -0.05) is 35.9 Å². The second-order valence-electron chi connectivity index (χ2n) is 5.35. The first-order valence-electron chi connectivity index (χ1n) is 6.54. The number of rotatable bonds is 0. The molecule has 0 radical (unpaired) electrons. The van der Waals surface area contributed by atoms with E-state index in [1.807, 2.05) is 18.2 Å². The molecule has 0 aromatic heterocycles. The number of aryl methyl sites for hydroxylation is 1. The first-order chi connectivity index (χ1) is 8.24. The molecule has 1 aromatic rings. The van der Waals surface area contributed by atoms with Crippen LogP contribution in [-0.2, 0) is 6.42 Å². The second kappa shape index (κ2) is 3.83. The van der Waals surface area contributed by atoms with Gasteiger partial charge in [0.15, 0.2) is 5.78 Å². The van der Waals surface area contributed by atoms with Gasteiger partial charge < -0.3 is 0 Å². The maximum absolute atomic E-state index is 12.8. The minimum Gasteiger partial charge on any atom is -0.293 e. The van der Waals surface area contributed by atoms with Crippen LogP contribution in [0.5, 0.6) is 0 Å². The minimum absolute atomic E-state index is 0.160. The second-order valence-corrected chi connectivity index (χ2v) is 5.35. The van der Waals surface area contributed by atoms with Gasteiger partial charge in [-0.15, -0.1) is 0 Å². The number of carbonyl (C=O) groups excluding carboxylic acids is 1. The van der Waals surface area contributed by atoms with Gasteiger partial charge in [0.1, 0.15) is 0 Å². The summed E-state index contributed by atoms with van der Waals surface area (Å²) in [4.78, 5) is 12.8. The highest BCUT2D eigenvalue weighted by molar-refractivity contribution is 6.04. The molecule has 1 atom stereocenters. The van der Waals surface area contributed by atoms with E-state index in [1.54, 1.807) is 0 Å². The average molecular weight is 226 g/mol. The van der Waals surface area contributed by atoms with Crippen molar-refractivity contribution in [2.75, 3.05) is 0 Å². The molecule has 1 nitrogen and oxygen atoms in total. The summed E-state index contributed by atoms with van der Waals surface area (Å²) in [5.74, 6) is 0.368. The number of fused-ring (bicyclic) bond motifs is 1. The molecular weight excluding hydrogens is 208 g/mol. The van der Waals surface area contributed by atoms with Crippen LogP contribution < -0.4 is 0 Å². The van der Waals surface area contributed by atoms with Gasteiger partial charge in [0.25, 0.3) is 0 Å². The number of Topliss-reactive ketones (excluding diaryl/α,β-unsaturated/α-hetero) is 1. The van der Waals surface area contributed by atoms with Gasteiger partial charge in [0, 0.05) is 5.56 Å². The highest BCUT2D eigenvalue weighted by Crippen LogP contribution is 2.47. The Morgan fingerprint density at radius 3 is 2.82 bits per heavy atom. The van der Waals surface area contributed by atoms with E-state index in [2.05, 4.69) is 19.1 Å². The van der Waals surface area contributed by atoms with E-state index in [0.29, 0.717) is 5.78 Å². The van der Waals surface area contributed by atoms with Gasteiger partial charge in [-0.25, -0.2) is 0 Å². The first kappa shape index (κ1) is 10.8. The molecule has 0 bridgehead atoms. The molecule has 0 heterocycles. The Hall–Kier alpha value is -1.37. The summed E-state index contributed by atoms with van der Waals surface area (Å²) in [6.45, 7) is 2.14. The predicted octanol–water partition coefficient (Wildman–Crippen LogP) is 3.93. The molecule has 3 rings (SSSR count). The number of benzene rings is 1. The highest BCUT2D eigenvalue weighted by Gasteiger charge is 2.43. The molecule has 2 aliphatic carbocycles. The van der Waals surface area contributed by atoms with Gasteiger partial charge in [0.2, 0.25) is 0 Å². The molecular formula is C16H18O. The van der Waals surface area contributed by atoms with Gasteiger partial charge in [0.05, 0.1) is 5.41 Å². The lowest BCUT2D eigenvalue weighted by molar-refractivity contribution is 0.0786. The summed E-state index contributed by atoms with van der Waals surface area (Å²) < 4.78 is 0. The molecule has 0 saturated heterocycles. The van der Waals surface area contributed by atoms with Crippen molar-refractivity contribution in [1.82, 2.24) is 0 Å². The summed E-state index contributed by atoms with van der Waals surface area (Å²) in [6, 6.07) is 8.12. The van der Waals surface area contributed by atoms with E-state index < -0.39 is 0 Å². The Kier molecular flexibility index (Phi) is 2.43. The third kappa shape index (κ3) is 1.49. The average Bonchev–Trinajstić information content (AvgIpc) is 2.37. The molecule has 0 N–H and O–H groups in total. The molecule has 0 aliphatic heterocycles. The summed E-state index contributed by atoms with van der Waals surface area (Å²) in [5, 5.41) is 0. The molecule has 0 fully saturated rings. The Morgan fingerprint density at radius 2 is 2.00 bits per heavy atom. The van der Waals surface area contributed by atoms with Crippen molar-refractivity contribution in [2.24, 2.45) is 5.41 Å². The lowest BCUT2D eigenvalue weighted by Crippen LogP contribution is -2.38. The fourth-order valence-corrected chi connectivity index (χ4v) is 3.41. The monoisotopic (exact) mass is 226 g/mol. The number of carbonyl (C=O) groups is 1. The van der Waals surface area contributed by atoms with Gasteiger partial charge >= 0.3 is 0 Å². The smallest absolute Gasteiger partial charge is 0.173 e. The number of hydrogen-bond donors (Lipinski definition) is 0. The van der Waals surface area contributed by atoms with Crippen molar-refractivity contribution >= 4 is 5.78 Å². The molecule has 1 spiro atoms. The zero-order chi connectivity index (χ0) is 11.9.